The highest BCUT2D eigenvalue weighted by molar-refractivity contribution is 7.98. The number of methoxy groups -OCH3 is 1. The van der Waals surface area contributed by atoms with Gasteiger partial charge in [-0.1, -0.05) is 29.5 Å². The normalized spacial score (nSPS) is 10.8. The van der Waals surface area contributed by atoms with Crippen molar-refractivity contribution in [3.05, 3.63) is 65.2 Å². The Morgan fingerprint density at radius 2 is 2.00 bits per heavy atom. The highest BCUT2D eigenvalue weighted by Crippen LogP contribution is 2.28. The van der Waals surface area contributed by atoms with Crippen molar-refractivity contribution in [1.29, 1.82) is 0 Å². The lowest BCUT2D eigenvalue weighted by Gasteiger charge is -2.03. The van der Waals surface area contributed by atoms with Crippen LogP contribution in [-0.2, 0) is 5.75 Å². The van der Waals surface area contributed by atoms with Gasteiger partial charge in [0.1, 0.15) is 5.75 Å². The van der Waals surface area contributed by atoms with Crippen LogP contribution in [-0.4, -0.2) is 22.3 Å². The third-order valence-electron chi connectivity index (χ3n) is 3.91. The van der Waals surface area contributed by atoms with Gasteiger partial charge in [0.05, 0.1) is 12.8 Å². The van der Waals surface area contributed by atoms with Crippen LogP contribution in [0.5, 0.6) is 5.75 Å². The molecule has 0 aliphatic heterocycles. The van der Waals surface area contributed by atoms with E-state index in [0.29, 0.717) is 16.9 Å². The van der Waals surface area contributed by atoms with Crippen molar-refractivity contribution in [2.45, 2.75) is 17.9 Å². The van der Waals surface area contributed by atoms with Gasteiger partial charge in [-0.05, 0) is 43.3 Å². The standard InChI is InChI=1S/C20H18N4O2S2/c1-13-4-3-5-14(10-13)18-23-24-20(26-18)28-12-16-11-27-19(22-16)21-15-6-8-17(25-2)9-7-15/h3-11H,12H2,1-2H3,(H,21,22). The highest BCUT2D eigenvalue weighted by Gasteiger charge is 2.11. The molecule has 0 aliphatic rings. The zero-order valence-electron chi connectivity index (χ0n) is 15.4. The molecule has 8 heteroatoms. The van der Waals surface area contributed by atoms with Crippen molar-refractivity contribution >= 4 is 33.9 Å². The second-order valence-electron chi connectivity index (χ2n) is 6.03. The van der Waals surface area contributed by atoms with Gasteiger partial charge in [-0.15, -0.1) is 21.5 Å². The fraction of sp³-hybridized carbons (Fsp3) is 0.150. The Bertz CT molecular complexity index is 1060. The molecular formula is C20H18N4O2S2. The topological polar surface area (TPSA) is 73.1 Å². The maximum absolute atomic E-state index is 5.76. The van der Waals surface area contributed by atoms with Crippen molar-refractivity contribution < 1.29 is 9.15 Å². The first-order chi connectivity index (χ1) is 13.7. The number of anilines is 2. The van der Waals surface area contributed by atoms with E-state index in [1.54, 1.807) is 18.4 Å². The predicted molar refractivity (Wildman–Crippen MR) is 112 cm³/mol. The lowest BCUT2D eigenvalue weighted by atomic mass is 10.1. The maximum Gasteiger partial charge on any atom is 0.277 e. The minimum atomic E-state index is 0.534. The number of thioether (sulfide) groups is 1. The molecule has 142 valence electrons. The first-order valence-electron chi connectivity index (χ1n) is 8.58. The zero-order chi connectivity index (χ0) is 19.3. The smallest absolute Gasteiger partial charge is 0.277 e. The molecule has 4 aromatic rings. The summed E-state index contributed by atoms with van der Waals surface area (Å²) >= 11 is 3.04. The molecule has 0 fully saturated rings. The average molecular weight is 411 g/mol. The molecular weight excluding hydrogens is 392 g/mol. The second-order valence-corrected chi connectivity index (χ2v) is 7.81. The third kappa shape index (κ3) is 4.52. The van der Waals surface area contributed by atoms with Gasteiger partial charge < -0.3 is 14.5 Å². The van der Waals surface area contributed by atoms with Crippen LogP contribution in [0, 0.1) is 6.92 Å². The van der Waals surface area contributed by atoms with E-state index in [1.807, 2.05) is 60.8 Å². The molecule has 0 amide bonds. The third-order valence-corrected chi connectivity index (χ3v) is 5.57. The van der Waals surface area contributed by atoms with Gasteiger partial charge in [0.25, 0.3) is 5.22 Å². The summed E-state index contributed by atoms with van der Waals surface area (Å²) in [6.45, 7) is 2.04. The molecule has 2 heterocycles. The summed E-state index contributed by atoms with van der Waals surface area (Å²) in [7, 11) is 1.65. The molecule has 4 rings (SSSR count). The van der Waals surface area contributed by atoms with Gasteiger partial charge in [0.2, 0.25) is 5.89 Å². The van der Waals surface area contributed by atoms with E-state index in [1.165, 1.54) is 11.8 Å². The van der Waals surface area contributed by atoms with Crippen LogP contribution in [0.15, 0.2) is 63.6 Å². The molecule has 0 spiro atoms. The second kappa shape index (κ2) is 8.45. The number of thiazole rings is 1. The first kappa shape index (κ1) is 18.5. The highest BCUT2D eigenvalue weighted by atomic mass is 32.2. The quantitative estimate of drug-likeness (QED) is 0.401. The number of aryl methyl sites for hydroxylation is 1. The number of hydrogen-bond donors (Lipinski definition) is 1. The van der Waals surface area contributed by atoms with Gasteiger partial charge >= 0.3 is 0 Å². The summed E-state index contributed by atoms with van der Waals surface area (Å²) < 4.78 is 10.9. The van der Waals surface area contributed by atoms with E-state index in [0.717, 1.165) is 33.4 Å². The van der Waals surface area contributed by atoms with E-state index >= 15 is 0 Å². The summed E-state index contributed by atoms with van der Waals surface area (Å²) in [5, 5.41) is 15.0. The Morgan fingerprint density at radius 1 is 1.14 bits per heavy atom. The van der Waals surface area contributed by atoms with Crippen LogP contribution in [0.3, 0.4) is 0 Å². The molecule has 2 aromatic carbocycles. The van der Waals surface area contributed by atoms with Crippen molar-refractivity contribution in [3.8, 4) is 17.2 Å². The Balaban J connectivity index is 1.35. The molecule has 0 saturated carbocycles. The van der Waals surface area contributed by atoms with Crippen LogP contribution in [0.1, 0.15) is 11.3 Å². The summed E-state index contributed by atoms with van der Waals surface area (Å²) in [6, 6.07) is 15.7. The molecule has 1 N–H and O–H groups in total. The number of aromatic nitrogens is 3. The number of rotatable bonds is 7. The SMILES string of the molecule is COc1ccc(Nc2nc(CSc3nnc(-c4cccc(C)c4)o3)cs2)cc1. The maximum atomic E-state index is 5.76. The van der Waals surface area contributed by atoms with Crippen LogP contribution >= 0.6 is 23.1 Å². The number of nitrogens with zero attached hydrogens (tertiary/aromatic N) is 3. The molecule has 0 unspecified atom stereocenters. The predicted octanol–water partition coefficient (Wildman–Crippen LogP) is 5.55. The van der Waals surface area contributed by atoms with E-state index in [4.69, 9.17) is 9.15 Å². The molecule has 0 aliphatic carbocycles. The fourth-order valence-electron chi connectivity index (χ4n) is 2.53. The molecule has 28 heavy (non-hydrogen) atoms. The lowest BCUT2D eigenvalue weighted by molar-refractivity contribution is 0.415. The van der Waals surface area contributed by atoms with Gasteiger partial charge in [0, 0.05) is 22.4 Å². The van der Waals surface area contributed by atoms with E-state index < -0.39 is 0 Å². The molecule has 0 radical (unpaired) electrons. The Hall–Kier alpha value is -2.84. The minimum absolute atomic E-state index is 0.534. The van der Waals surface area contributed by atoms with Crippen LogP contribution in [0.2, 0.25) is 0 Å². The number of nitrogens with one attached hydrogen (secondary N) is 1. The van der Waals surface area contributed by atoms with Crippen LogP contribution in [0.4, 0.5) is 10.8 Å². The van der Waals surface area contributed by atoms with Gasteiger partial charge in [-0.3, -0.25) is 0 Å². The van der Waals surface area contributed by atoms with E-state index in [9.17, 15) is 0 Å². The summed E-state index contributed by atoms with van der Waals surface area (Å²) in [5.74, 6) is 2.02. The molecule has 6 nitrogen and oxygen atoms in total. The number of ether oxygens (including phenoxy) is 1. The molecule has 0 bridgehead atoms. The average Bonchev–Trinajstić information content (AvgIpc) is 3.36. The summed E-state index contributed by atoms with van der Waals surface area (Å²) in [6.07, 6.45) is 0. The number of benzene rings is 2. The monoisotopic (exact) mass is 410 g/mol. The summed E-state index contributed by atoms with van der Waals surface area (Å²) in [4.78, 5) is 4.61. The van der Waals surface area contributed by atoms with E-state index in [2.05, 4.69) is 20.5 Å². The Labute approximate surface area is 171 Å². The largest absolute Gasteiger partial charge is 0.497 e. The van der Waals surface area contributed by atoms with Crippen molar-refractivity contribution in [3.63, 3.8) is 0 Å². The Kier molecular flexibility index (Phi) is 5.59. The van der Waals surface area contributed by atoms with Crippen molar-refractivity contribution in [2.24, 2.45) is 0 Å². The summed E-state index contributed by atoms with van der Waals surface area (Å²) in [5.41, 5.74) is 4.01. The van der Waals surface area contributed by atoms with E-state index in [-0.39, 0.29) is 0 Å². The first-order valence-corrected chi connectivity index (χ1v) is 10.4. The lowest BCUT2D eigenvalue weighted by Crippen LogP contribution is -1.90. The minimum Gasteiger partial charge on any atom is -0.497 e. The van der Waals surface area contributed by atoms with Gasteiger partial charge in [0.15, 0.2) is 5.13 Å². The van der Waals surface area contributed by atoms with Crippen LogP contribution < -0.4 is 10.1 Å². The molecule has 2 aromatic heterocycles. The Morgan fingerprint density at radius 3 is 2.79 bits per heavy atom. The fourth-order valence-corrected chi connectivity index (χ4v) is 4.02. The van der Waals surface area contributed by atoms with Crippen molar-refractivity contribution in [2.75, 3.05) is 12.4 Å². The van der Waals surface area contributed by atoms with Gasteiger partial charge in [-0.25, -0.2) is 4.98 Å². The zero-order valence-corrected chi connectivity index (χ0v) is 17.0. The van der Waals surface area contributed by atoms with Gasteiger partial charge in [-0.2, -0.15) is 0 Å². The molecule has 0 saturated heterocycles. The molecule has 0 atom stereocenters. The van der Waals surface area contributed by atoms with Crippen molar-refractivity contribution in [1.82, 2.24) is 15.2 Å². The van der Waals surface area contributed by atoms with Crippen LogP contribution in [0.25, 0.3) is 11.5 Å². The number of hydrogen-bond acceptors (Lipinski definition) is 8.